The lowest BCUT2D eigenvalue weighted by Crippen LogP contribution is -2.09. The monoisotopic (exact) mass is 335 g/mol. The molecule has 3 heterocycles. The first-order chi connectivity index (χ1) is 9.63. The van der Waals surface area contributed by atoms with Gasteiger partial charge in [0.05, 0.1) is 17.3 Å². The zero-order valence-corrected chi connectivity index (χ0v) is 12.0. The van der Waals surface area contributed by atoms with E-state index < -0.39 is 12.1 Å². The number of carbonyl (C=O) groups is 1. The highest BCUT2D eigenvalue weighted by Crippen LogP contribution is 2.21. The summed E-state index contributed by atoms with van der Waals surface area (Å²) in [5.41, 5.74) is 1.73. The minimum absolute atomic E-state index is 0.369. The van der Waals surface area contributed by atoms with E-state index in [1.165, 1.54) is 12.5 Å². The van der Waals surface area contributed by atoms with Gasteiger partial charge in [-0.25, -0.2) is 14.8 Å². The number of halogens is 1. The molecule has 0 spiro atoms. The number of ether oxygens (including phenoxy) is 1. The third-order valence-corrected chi connectivity index (χ3v) is 3.18. The van der Waals surface area contributed by atoms with Crippen molar-refractivity contribution in [1.29, 1.82) is 0 Å². The van der Waals surface area contributed by atoms with Crippen LogP contribution in [0.1, 0.15) is 29.2 Å². The first-order valence-electron chi connectivity index (χ1n) is 5.88. The largest absolute Gasteiger partial charge is 0.472 e. The van der Waals surface area contributed by atoms with E-state index in [0.29, 0.717) is 17.0 Å². The molecule has 0 aliphatic rings. The zero-order valence-electron chi connectivity index (χ0n) is 10.5. The van der Waals surface area contributed by atoms with Crippen molar-refractivity contribution in [3.63, 3.8) is 0 Å². The summed E-state index contributed by atoms with van der Waals surface area (Å²) in [6.07, 6.45) is 3.91. The molecule has 20 heavy (non-hydrogen) atoms. The Morgan fingerprint density at radius 1 is 1.55 bits per heavy atom. The minimum atomic E-state index is -0.509. The molecule has 0 saturated carbocycles. The van der Waals surface area contributed by atoms with E-state index in [9.17, 15) is 4.79 Å². The number of rotatable bonds is 3. The standard InChI is InChI=1S/C13H10BrN3O3/c1-7(20-13(18)8-2-3-19-6-8)11-16-10-4-9(14)5-15-12(10)17-11/h2-7H,1H3,(H,15,16,17)/t7-/m1/s1. The van der Waals surface area contributed by atoms with Crippen LogP contribution in [0.3, 0.4) is 0 Å². The summed E-state index contributed by atoms with van der Waals surface area (Å²) >= 11 is 3.34. The summed E-state index contributed by atoms with van der Waals surface area (Å²) in [4.78, 5) is 23.4. The summed E-state index contributed by atoms with van der Waals surface area (Å²) in [6.45, 7) is 1.74. The second kappa shape index (κ2) is 5.09. The zero-order chi connectivity index (χ0) is 14.1. The maximum absolute atomic E-state index is 11.8. The van der Waals surface area contributed by atoms with Crippen molar-refractivity contribution >= 4 is 33.1 Å². The summed E-state index contributed by atoms with van der Waals surface area (Å²) in [6, 6.07) is 3.41. The quantitative estimate of drug-likeness (QED) is 0.743. The molecular formula is C13H10BrN3O3. The highest BCUT2D eigenvalue weighted by Gasteiger charge is 2.18. The predicted molar refractivity (Wildman–Crippen MR) is 74.1 cm³/mol. The van der Waals surface area contributed by atoms with E-state index in [4.69, 9.17) is 9.15 Å². The van der Waals surface area contributed by atoms with Crippen LogP contribution in [0.4, 0.5) is 0 Å². The number of H-pyrrole nitrogens is 1. The molecule has 0 unspecified atom stereocenters. The Labute approximate surface area is 122 Å². The number of fused-ring (bicyclic) bond motifs is 1. The Balaban J connectivity index is 1.81. The van der Waals surface area contributed by atoms with E-state index in [1.807, 2.05) is 6.07 Å². The molecule has 0 aliphatic carbocycles. The van der Waals surface area contributed by atoms with Gasteiger partial charge in [0.1, 0.15) is 12.1 Å². The van der Waals surface area contributed by atoms with Gasteiger partial charge in [-0.1, -0.05) is 0 Å². The maximum atomic E-state index is 11.8. The number of carbonyl (C=O) groups excluding carboxylic acids is 1. The topological polar surface area (TPSA) is 81.0 Å². The molecule has 3 aromatic heterocycles. The minimum Gasteiger partial charge on any atom is -0.472 e. The van der Waals surface area contributed by atoms with Gasteiger partial charge in [-0.3, -0.25) is 0 Å². The lowest BCUT2D eigenvalue weighted by Gasteiger charge is -2.09. The van der Waals surface area contributed by atoms with Gasteiger partial charge in [-0.2, -0.15) is 0 Å². The molecule has 3 rings (SSSR count). The number of nitrogens with zero attached hydrogens (tertiary/aromatic N) is 2. The van der Waals surface area contributed by atoms with Crippen LogP contribution in [0, 0.1) is 0 Å². The summed E-state index contributed by atoms with van der Waals surface area (Å²) in [5, 5.41) is 0. The molecule has 0 fully saturated rings. The smallest absolute Gasteiger partial charge is 0.342 e. The van der Waals surface area contributed by atoms with Crippen LogP contribution in [0.15, 0.2) is 39.7 Å². The van der Waals surface area contributed by atoms with Crippen LogP contribution in [-0.4, -0.2) is 20.9 Å². The Bertz CT molecular complexity index is 751. The van der Waals surface area contributed by atoms with Crippen molar-refractivity contribution in [2.75, 3.05) is 0 Å². The van der Waals surface area contributed by atoms with Crippen LogP contribution in [0.2, 0.25) is 0 Å². The number of hydrogen-bond acceptors (Lipinski definition) is 5. The Morgan fingerprint density at radius 3 is 3.15 bits per heavy atom. The molecule has 0 bridgehead atoms. The van der Waals surface area contributed by atoms with Crippen LogP contribution in [0.25, 0.3) is 11.2 Å². The van der Waals surface area contributed by atoms with E-state index in [-0.39, 0.29) is 0 Å². The normalized spacial score (nSPS) is 12.5. The van der Waals surface area contributed by atoms with Crippen LogP contribution in [0.5, 0.6) is 0 Å². The number of furan rings is 1. The number of aromatic amines is 1. The molecule has 1 atom stereocenters. The maximum Gasteiger partial charge on any atom is 0.342 e. The second-order valence-corrected chi connectivity index (χ2v) is 5.12. The first-order valence-corrected chi connectivity index (χ1v) is 6.67. The number of esters is 1. The molecule has 0 aliphatic heterocycles. The molecule has 3 aromatic rings. The van der Waals surface area contributed by atoms with Crippen molar-refractivity contribution in [3.05, 3.63) is 46.7 Å². The van der Waals surface area contributed by atoms with E-state index in [2.05, 4.69) is 30.9 Å². The van der Waals surface area contributed by atoms with Crippen molar-refractivity contribution in [2.24, 2.45) is 0 Å². The number of aromatic nitrogens is 3. The van der Waals surface area contributed by atoms with Gasteiger partial charge in [0.15, 0.2) is 11.8 Å². The molecule has 102 valence electrons. The van der Waals surface area contributed by atoms with Gasteiger partial charge < -0.3 is 14.1 Å². The van der Waals surface area contributed by atoms with Crippen LogP contribution >= 0.6 is 15.9 Å². The number of hydrogen-bond donors (Lipinski definition) is 1. The Hall–Kier alpha value is -2.15. The lowest BCUT2D eigenvalue weighted by atomic mass is 10.3. The fourth-order valence-corrected chi connectivity index (χ4v) is 2.08. The Morgan fingerprint density at radius 2 is 2.40 bits per heavy atom. The van der Waals surface area contributed by atoms with Crippen LogP contribution in [-0.2, 0) is 4.74 Å². The number of nitrogens with one attached hydrogen (secondary N) is 1. The van der Waals surface area contributed by atoms with Crippen molar-refractivity contribution in [2.45, 2.75) is 13.0 Å². The molecule has 1 N–H and O–H groups in total. The van der Waals surface area contributed by atoms with E-state index in [0.717, 1.165) is 9.99 Å². The molecule has 7 heteroatoms. The number of imidazole rings is 1. The van der Waals surface area contributed by atoms with Crippen molar-refractivity contribution in [3.8, 4) is 0 Å². The molecule has 0 saturated heterocycles. The van der Waals surface area contributed by atoms with Gasteiger partial charge in [0, 0.05) is 10.7 Å². The molecular weight excluding hydrogens is 326 g/mol. The molecule has 6 nitrogen and oxygen atoms in total. The van der Waals surface area contributed by atoms with Gasteiger partial charge in [-0.05, 0) is 35.0 Å². The summed E-state index contributed by atoms with van der Waals surface area (Å²) < 4.78 is 11.0. The van der Waals surface area contributed by atoms with Crippen LogP contribution < -0.4 is 0 Å². The average Bonchev–Trinajstić information content (AvgIpc) is 3.07. The number of pyridine rings is 1. The average molecular weight is 336 g/mol. The Kier molecular flexibility index (Phi) is 3.27. The summed E-state index contributed by atoms with van der Waals surface area (Å²) in [7, 11) is 0. The fourth-order valence-electron chi connectivity index (χ4n) is 1.75. The first kappa shape index (κ1) is 12.9. The molecule has 0 amide bonds. The summed E-state index contributed by atoms with van der Waals surface area (Å²) in [5.74, 6) is 0.0864. The highest BCUT2D eigenvalue weighted by atomic mass is 79.9. The fraction of sp³-hybridized carbons (Fsp3) is 0.154. The highest BCUT2D eigenvalue weighted by molar-refractivity contribution is 9.10. The van der Waals surface area contributed by atoms with Gasteiger partial charge >= 0.3 is 5.97 Å². The van der Waals surface area contributed by atoms with Gasteiger partial charge in [0.25, 0.3) is 0 Å². The van der Waals surface area contributed by atoms with Crippen molar-refractivity contribution in [1.82, 2.24) is 15.0 Å². The third kappa shape index (κ3) is 2.44. The van der Waals surface area contributed by atoms with Crippen molar-refractivity contribution < 1.29 is 13.9 Å². The lowest BCUT2D eigenvalue weighted by molar-refractivity contribution is 0.0321. The molecule has 0 aromatic carbocycles. The van der Waals surface area contributed by atoms with E-state index >= 15 is 0 Å². The van der Waals surface area contributed by atoms with Gasteiger partial charge in [-0.15, -0.1) is 0 Å². The molecule has 0 radical (unpaired) electrons. The third-order valence-electron chi connectivity index (χ3n) is 2.75. The predicted octanol–water partition coefficient (Wildman–Crippen LogP) is 3.23. The second-order valence-electron chi connectivity index (χ2n) is 4.21. The van der Waals surface area contributed by atoms with Gasteiger partial charge in [0.2, 0.25) is 0 Å². The SMILES string of the molecule is C[C@@H](OC(=O)c1ccoc1)c1nc2ncc(Br)cc2[nH]1. The van der Waals surface area contributed by atoms with E-state index in [1.54, 1.807) is 19.2 Å².